The van der Waals surface area contributed by atoms with Crippen molar-refractivity contribution in [2.24, 2.45) is 21.7 Å². The lowest BCUT2D eigenvalue weighted by atomic mass is 9.58. The monoisotopic (exact) mass is 208 g/mol. The number of rotatable bonds is 2. The molecule has 0 heterocycles. The molecular weight excluding hydrogens is 180 g/mol. The third-order valence-corrected chi connectivity index (χ3v) is 6.00. The van der Waals surface area contributed by atoms with Crippen LogP contribution in [-0.2, 0) is 0 Å². The topological polar surface area (TPSA) is 0 Å². The molecule has 0 aromatic carbocycles. The van der Waals surface area contributed by atoms with Crippen molar-refractivity contribution in [1.29, 1.82) is 0 Å². The summed E-state index contributed by atoms with van der Waals surface area (Å²) in [5, 5.41) is 0. The molecule has 0 aromatic heterocycles. The van der Waals surface area contributed by atoms with E-state index < -0.39 is 0 Å². The average molecular weight is 208 g/mol. The van der Waals surface area contributed by atoms with Gasteiger partial charge in [0.2, 0.25) is 0 Å². The molecule has 0 spiro atoms. The van der Waals surface area contributed by atoms with E-state index in [9.17, 15) is 0 Å². The first kappa shape index (κ1) is 12.8. The predicted octanol–water partition coefficient (Wildman–Crippen LogP) is 5.05. The lowest BCUT2D eigenvalue weighted by Crippen LogP contribution is -2.39. The van der Waals surface area contributed by atoms with E-state index in [1.54, 1.807) is 0 Å². The van der Waals surface area contributed by atoms with Gasteiger partial charge in [-0.05, 0) is 35.0 Å². The first-order chi connectivity index (χ1) is 6.40. The van der Waals surface area contributed by atoms with Gasteiger partial charge in [0, 0.05) is 0 Å². The van der Waals surface area contributed by atoms with Gasteiger partial charge >= 0.3 is 0 Å². The fourth-order valence-corrected chi connectivity index (χ4v) is 3.02. The van der Waals surface area contributed by atoms with E-state index in [0.717, 1.165) is 0 Å². The van der Waals surface area contributed by atoms with Gasteiger partial charge in [0.25, 0.3) is 0 Å². The zero-order valence-corrected chi connectivity index (χ0v) is 11.9. The Bertz CT molecular complexity index is 290. The van der Waals surface area contributed by atoms with Crippen LogP contribution >= 0.6 is 0 Å². The van der Waals surface area contributed by atoms with Crippen LogP contribution in [0.4, 0.5) is 0 Å². The summed E-state index contributed by atoms with van der Waals surface area (Å²) in [4.78, 5) is 0. The number of allylic oxidation sites excluding steroid dienone is 1. The minimum absolute atomic E-state index is 0.341. The van der Waals surface area contributed by atoms with Gasteiger partial charge in [0.05, 0.1) is 0 Å². The molecule has 2 unspecified atom stereocenters. The maximum Gasteiger partial charge on any atom is -0.00568 e. The van der Waals surface area contributed by atoms with Crippen molar-refractivity contribution < 1.29 is 0 Å². The van der Waals surface area contributed by atoms with Gasteiger partial charge in [-0.1, -0.05) is 60.6 Å². The van der Waals surface area contributed by atoms with Crippen molar-refractivity contribution in [1.82, 2.24) is 0 Å². The fourth-order valence-electron chi connectivity index (χ4n) is 3.02. The van der Waals surface area contributed by atoms with Crippen LogP contribution in [0.25, 0.3) is 0 Å². The van der Waals surface area contributed by atoms with E-state index in [4.69, 9.17) is 0 Å². The molecule has 0 aliphatic heterocycles. The largest absolute Gasteiger partial charge is 0.0996 e. The Kier molecular flexibility index (Phi) is 2.47. The molecule has 0 heteroatoms. The molecule has 0 amide bonds. The Morgan fingerprint density at radius 3 is 1.67 bits per heavy atom. The van der Waals surface area contributed by atoms with Crippen LogP contribution in [0.2, 0.25) is 0 Å². The maximum absolute atomic E-state index is 4.18. The van der Waals surface area contributed by atoms with Crippen LogP contribution in [0.1, 0.15) is 61.8 Å². The minimum atomic E-state index is 0.341. The first-order valence-corrected chi connectivity index (χ1v) is 6.06. The van der Waals surface area contributed by atoms with E-state index in [0.29, 0.717) is 21.7 Å². The first-order valence-electron chi connectivity index (χ1n) is 6.06. The van der Waals surface area contributed by atoms with Crippen molar-refractivity contribution >= 4 is 0 Å². The van der Waals surface area contributed by atoms with Gasteiger partial charge in [-0.25, -0.2) is 0 Å². The summed E-state index contributed by atoms with van der Waals surface area (Å²) in [7, 11) is 0. The van der Waals surface area contributed by atoms with Crippen LogP contribution in [-0.4, -0.2) is 0 Å². The molecule has 1 saturated carbocycles. The highest BCUT2D eigenvalue weighted by atomic mass is 14.7. The zero-order chi connectivity index (χ0) is 12.3. The molecule has 1 aliphatic rings. The van der Waals surface area contributed by atoms with Crippen LogP contribution < -0.4 is 0 Å². The highest BCUT2D eigenvalue weighted by Crippen LogP contribution is 2.77. The SMILES string of the molecule is C=C(C)C1(C)CC1(C)C(C)(C)C(C)(C)C. The Balaban J connectivity index is 3.08. The Morgan fingerprint density at radius 2 is 1.47 bits per heavy atom. The predicted molar refractivity (Wildman–Crippen MR) is 68.9 cm³/mol. The normalized spacial score (nSPS) is 36.5. The Labute approximate surface area is 96.2 Å². The van der Waals surface area contributed by atoms with Crippen LogP contribution in [0, 0.1) is 21.7 Å². The summed E-state index contributed by atoms with van der Waals surface area (Å²) >= 11 is 0. The Hall–Kier alpha value is -0.260. The standard InChI is InChI=1S/C15H28/c1-11(2)14(8)10-15(14,9)13(6,7)12(3,4)5/h1,10H2,2-9H3. The molecule has 1 rings (SSSR count). The summed E-state index contributed by atoms with van der Waals surface area (Å²) in [6.07, 6.45) is 1.29. The molecule has 0 aromatic rings. The summed E-state index contributed by atoms with van der Waals surface area (Å²) < 4.78 is 0. The summed E-state index contributed by atoms with van der Waals surface area (Å²) in [5.74, 6) is 0. The molecule has 0 bridgehead atoms. The van der Waals surface area contributed by atoms with Crippen molar-refractivity contribution in [2.45, 2.75) is 61.8 Å². The van der Waals surface area contributed by atoms with Gasteiger partial charge in [0.15, 0.2) is 0 Å². The molecule has 88 valence electrons. The van der Waals surface area contributed by atoms with Crippen LogP contribution in [0.3, 0.4) is 0 Å². The van der Waals surface area contributed by atoms with E-state index in [2.05, 4.69) is 62.0 Å². The second-order valence-electron chi connectivity index (χ2n) is 7.50. The molecule has 15 heavy (non-hydrogen) atoms. The van der Waals surface area contributed by atoms with E-state index >= 15 is 0 Å². The Morgan fingerprint density at radius 1 is 1.07 bits per heavy atom. The molecule has 2 atom stereocenters. The zero-order valence-electron chi connectivity index (χ0n) is 11.9. The highest BCUT2D eigenvalue weighted by molar-refractivity contribution is 5.29. The lowest BCUT2D eigenvalue weighted by molar-refractivity contribution is 0.0287. The van der Waals surface area contributed by atoms with Crippen molar-refractivity contribution in [3.8, 4) is 0 Å². The second kappa shape index (κ2) is 2.90. The van der Waals surface area contributed by atoms with Gasteiger partial charge in [0.1, 0.15) is 0 Å². The molecule has 1 fully saturated rings. The van der Waals surface area contributed by atoms with Crippen LogP contribution in [0.15, 0.2) is 12.2 Å². The molecule has 0 N–H and O–H groups in total. The van der Waals surface area contributed by atoms with Crippen LogP contribution in [0.5, 0.6) is 0 Å². The van der Waals surface area contributed by atoms with Gasteiger partial charge in [-0.2, -0.15) is 0 Å². The van der Waals surface area contributed by atoms with E-state index in [1.165, 1.54) is 12.0 Å². The molecule has 0 nitrogen and oxygen atoms in total. The maximum atomic E-state index is 4.18. The summed E-state index contributed by atoms with van der Waals surface area (Å²) in [5.41, 5.74) is 2.79. The molecule has 0 radical (unpaired) electrons. The van der Waals surface area contributed by atoms with Gasteiger partial charge in [-0.3, -0.25) is 0 Å². The lowest BCUT2D eigenvalue weighted by Gasteiger charge is -2.47. The fraction of sp³-hybridized carbons (Fsp3) is 0.867. The summed E-state index contributed by atoms with van der Waals surface area (Å²) in [6, 6.07) is 0. The van der Waals surface area contributed by atoms with E-state index in [1.807, 2.05) is 0 Å². The summed E-state index contributed by atoms with van der Waals surface area (Å²) in [6.45, 7) is 23.1. The molecular formula is C15H28. The van der Waals surface area contributed by atoms with Crippen molar-refractivity contribution in [2.75, 3.05) is 0 Å². The highest BCUT2D eigenvalue weighted by Gasteiger charge is 2.69. The molecule has 0 saturated heterocycles. The minimum Gasteiger partial charge on any atom is -0.0996 e. The van der Waals surface area contributed by atoms with E-state index in [-0.39, 0.29) is 0 Å². The third kappa shape index (κ3) is 1.40. The third-order valence-electron chi connectivity index (χ3n) is 6.00. The molecule has 1 aliphatic carbocycles. The van der Waals surface area contributed by atoms with Gasteiger partial charge < -0.3 is 0 Å². The van der Waals surface area contributed by atoms with Gasteiger partial charge in [-0.15, -0.1) is 0 Å². The number of hydrogen-bond donors (Lipinski definition) is 0. The number of hydrogen-bond acceptors (Lipinski definition) is 0. The van der Waals surface area contributed by atoms with Crippen molar-refractivity contribution in [3.63, 3.8) is 0 Å². The second-order valence-corrected chi connectivity index (χ2v) is 7.50. The average Bonchev–Trinajstić information content (AvgIpc) is 2.56. The quantitative estimate of drug-likeness (QED) is 0.557. The van der Waals surface area contributed by atoms with Crippen molar-refractivity contribution in [3.05, 3.63) is 12.2 Å². The smallest absolute Gasteiger partial charge is 0.00568 e.